The number of H-pyrrole nitrogens is 1. The fourth-order valence-corrected chi connectivity index (χ4v) is 2.99. The lowest BCUT2D eigenvalue weighted by molar-refractivity contribution is 0.429. The molecule has 1 aliphatic carbocycles. The minimum absolute atomic E-state index is 0.567. The predicted molar refractivity (Wildman–Crippen MR) is 80.4 cm³/mol. The van der Waals surface area contributed by atoms with E-state index in [4.69, 9.17) is 10.7 Å². The average Bonchev–Trinajstić information content (AvgIpc) is 2.99. The van der Waals surface area contributed by atoms with Crippen LogP contribution in [-0.2, 0) is 6.42 Å². The molecule has 0 atom stereocenters. The monoisotopic (exact) mass is 270 g/mol. The largest absolute Gasteiger partial charge is 0.330 e. The van der Waals surface area contributed by atoms with Crippen LogP contribution in [0, 0.1) is 0 Å². The van der Waals surface area contributed by atoms with Gasteiger partial charge in [0, 0.05) is 11.5 Å². The molecule has 1 fully saturated rings. The Morgan fingerprint density at radius 2 is 2.05 bits per heavy atom. The van der Waals surface area contributed by atoms with Crippen molar-refractivity contribution in [3.63, 3.8) is 0 Å². The first-order valence-electron chi connectivity index (χ1n) is 7.58. The molecule has 3 rings (SSSR count). The van der Waals surface area contributed by atoms with E-state index in [9.17, 15) is 0 Å². The molecule has 2 aromatic rings. The molecular formula is C16H22N4. The summed E-state index contributed by atoms with van der Waals surface area (Å²) in [5.41, 5.74) is 7.94. The predicted octanol–water partition coefficient (Wildman–Crippen LogP) is 3.02. The van der Waals surface area contributed by atoms with Gasteiger partial charge in [-0.15, -0.1) is 0 Å². The molecule has 0 spiro atoms. The highest BCUT2D eigenvalue weighted by molar-refractivity contribution is 5.55. The number of nitrogens with zero attached hydrogens (tertiary/aromatic N) is 2. The van der Waals surface area contributed by atoms with Gasteiger partial charge in [0.15, 0.2) is 5.82 Å². The maximum Gasteiger partial charge on any atom is 0.181 e. The van der Waals surface area contributed by atoms with Crippen molar-refractivity contribution in [3.8, 4) is 11.4 Å². The Kier molecular flexibility index (Phi) is 4.11. The maximum absolute atomic E-state index is 5.61. The third-order valence-corrected chi connectivity index (χ3v) is 4.11. The molecule has 0 bridgehead atoms. The van der Waals surface area contributed by atoms with Crippen molar-refractivity contribution in [3.05, 3.63) is 35.7 Å². The van der Waals surface area contributed by atoms with Gasteiger partial charge in [0.25, 0.3) is 0 Å². The minimum atomic E-state index is 0.567. The van der Waals surface area contributed by atoms with Crippen LogP contribution in [0.5, 0.6) is 0 Å². The third kappa shape index (κ3) is 2.90. The summed E-state index contributed by atoms with van der Waals surface area (Å²) in [7, 11) is 0. The van der Waals surface area contributed by atoms with Gasteiger partial charge in [0.2, 0.25) is 0 Å². The number of rotatable bonds is 4. The van der Waals surface area contributed by atoms with Crippen LogP contribution in [0.3, 0.4) is 0 Å². The van der Waals surface area contributed by atoms with Gasteiger partial charge in [-0.2, -0.15) is 5.10 Å². The number of hydrogen-bond acceptors (Lipinski definition) is 3. The van der Waals surface area contributed by atoms with Crippen LogP contribution in [0.2, 0.25) is 0 Å². The summed E-state index contributed by atoms with van der Waals surface area (Å²) >= 11 is 0. The Morgan fingerprint density at radius 3 is 2.85 bits per heavy atom. The van der Waals surface area contributed by atoms with Gasteiger partial charge in [0.05, 0.1) is 0 Å². The lowest BCUT2D eigenvalue weighted by Crippen LogP contribution is -2.06. The summed E-state index contributed by atoms with van der Waals surface area (Å²) in [6, 6.07) is 8.36. The van der Waals surface area contributed by atoms with Crippen LogP contribution in [0.4, 0.5) is 0 Å². The number of nitrogens with two attached hydrogens (primary N) is 1. The van der Waals surface area contributed by atoms with E-state index in [1.807, 2.05) is 0 Å². The Bertz CT molecular complexity index is 555. The van der Waals surface area contributed by atoms with Crippen LogP contribution in [0.25, 0.3) is 11.4 Å². The molecule has 3 N–H and O–H groups in total. The second-order valence-corrected chi connectivity index (χ2v) is 5.62. The molecule has 1 heterocycles. The zero-order chi connectivity index (χ0) is 13.8. The normalized spacial score (nSPS) is 16.4. The Morgan fingerprint density at radius 1 is 1.20 bits per heavy atom. The first-order valence-corrected chi connectivity index (χ1v) is 7.58. The number of benzene rings is 1. The summed E-state index contributed by atoms with van der Waals surface area (Å²) in [6.45, 7) is 0.671. The molecule has 0 amide bonds. The van der Waals surface area contributed by atoms with Crippen LogP contribution >= 0.6 is 0 Å². The molecular weight excluding hydrogens is 248 g/mol. The zero-order valence-electron chi connectivity index (χ0n) is 11.8. The highest BCUT2D eigenvalue weighted by atomic mass is 15.2. The molecule has 1 aromatic carbocycles. The summed E-state index contributed by atoms with van der Waals surface area (Å²) in [5.74, 6) is 2.44. The van der Waals surface area contributed by atoms with Crippen LogP contribution in [-0.4, -0.2) is 21.7 Å². The number of aromatic nitrogens is 3. The number of aromatic amines is 1. The number of nitrogens with one attached hydrogen (secondary N) is 1. The zero-order valence-corrected chi connectivity index (χ0v) is 11.8. The fourth-order valence-electron chi connectivity index (χ4n) is 2.99. The lowest BCUT2D eigenvalue weighted by atomic mass is 9.89. The summed E-state index contributed by atoms with van der Waals surface area (Å²) in [5, 5.41) is 7.54. The highest BCUT2D eigenvalue weighted by Crippen LogP contribution is 2.31. The lowest BCUT2D eigenvalue weighted by Gasteiger charge is -2.18. The molecule has 0 saturated heterocycles. The smallest absolute Gasteiger partial charge is 0.181 e. The van der Waals surface area contributed by atoms with Gasteiger partial charge < -0.3 is 5.73 Å². The first-order chi connectivity index (χ1) is 9.86. The van der Waals surface area contributed by atoms with Gasteiger partial charge >= 0.3 is 0 Å². The van der Waals surface area contributed by atoms with E-state index in [0.29, 0.717) is 12.5 Å². The van der Waals surface area contributed by atoms with Crippen molar-refractivity contribution < 1.29 is 0 Å². The minimum Gasteiger partial charge on any atom is -0.330 e. The topological polar surface area (TPSA) is 67.6 Å². The standard InChI is InChI=1S/C16H22N4/c17-10-9-12-5-4-8-14(11-12)16-18-15(19-20-16)13-6-2-1-3-7-13/h4-5,8,11,13H,1-3,6-7,9-10,17H2,(H,18,19,20). The van der Waals surface area contributed by atoms with Crippen LogP contribution in [0.1, 0.15) is 49.4 Å². The van der Waals surface area contributed by atoms with Crippen molar-refractivity contribution in [2.24, 2.45) is 5.73 Å². The van der Waals surface area contributed by atoms with E-state index >= 15 is 0 Å². The van der Waals surface area contributed by atoms with E-state index in [1.165, 1.54) is 37.7 Å². The molecule has 1 aliphatic rings. The maximum atomic E-state index is 5.61. The number of hydrogen-bond donors (Lipinski definition) is 2. The second kappa shape index (κ2) is 6.18. The molecule has 0 radical (unpaired) electrons. The van der Waals surface area contributed by atoms with Gasteiger partial charge in [-0.05, 0) is 37.4 Å². The van der Waals surface area contributed by atoms with Gasteiger partial charge in [-0.3, -0.25) is 5.10 Å². The molecule has 4 heteroatoms. The fraction of sp³-hybridized carbons (Fsp3) is 0.500. The summed E-state index contributed by atoms with van der Waals surface area (Å²) in [6.07, 6.45) is 7.36. The van der Waals surface area contributed by atoms with Gasteiger partial charge in [-0.25, -0.2) is 4.98 Å². The quantitative estimate of drug-likeness (QED) is 0.897. The van der Waals surface area contributed by atoms with E-state index in [0.717, 1.165) is 23.6 Å². The Labute approximate surface area is 119 Å². The molecule has 106 valence electrons. The molecule has 4 nitrogen and oxygen atoms in total. The van der Waals surface area contributed by atoms with E-state index < -0.39 is 0 Å². The van der Waals surface area contributed by atoms with Crippen molar-refractivity contribution >= 4 is 0 Å². The Hall–Kier alpha value is -1.68. The molecule has 1 aromatic heterocycles. The second-order valence-electron chi connectivity index (χ2n) is 5.62. The van der Waals surface area contributed by atoms with E-state index in [2.05, 4.69) is 34.5 Å². The summed E-state index contributed by atoms with van der Waals surface area (Å²) in [4.78, 5) is 4.71. The van der Waals surface area contributed by atoms with Crippen molar-refractivity contribution in [2.75, 3.05) is 6.54 Å². The first kappa shape index (κ1) is 13.3. The molecule has 0 aliphatic heterocycles. The van der Waals surface area contributed by atoms with Crippen LogP contribution in [0.15, 0.2) is 24.3 Å². The Balaban J connectivity index is 1.80. The van der Waals surface area contributed by atoms with E-state index in [-0.39, 0.29) is 0 Å². The third-order valence-electron chi connectivity index (χ3n) is 4.11. The molecule has 1 saturated carbocycles. The van der Waals surface area contributed by atoms with Crippen molar-refractivity contribution in [1.82, 2.24) is 15.2 Å². The SMILES string of the molecule is NCCc1cccc(-c2n[nH]c(C3CCCCC3)n2)c1. The average molecular weight is 270 g/mol. The summed E-state index contributed by atoms with van der Waals surface area (Å²) < 4.78 is 0. The van der Waals surface area contributed by atoms with Crippen LogP contribution < -0.4 is 5.73 Å². The van der Waals surface area contributed by atoms with Crippen molar-refractivity contribution in [1.29, 1.82) is 0 Å². The van der Waals surface area contributed by atoms with Gasteiger partial charge in [-0.1, -0.05) is 37.5 Å². The molecule has 0 unspecified atom stereocenters. The van der Waals surface area contributed by atoms with Gasteiger partial charge in [0.1, 0.15) is 5.82 Å². The van der Waals surface area contributed by atoms with Crippen molar-refractivity contribution in [2.45, 2.75) is 44.4 Å². The van der Waals surface area contributed by atoms with E-state index in [1.54, 1.807) is 0 Å². The molecule has 20 heavy (non-hydrogen) atoms. The highest BCUT2D eigenvalue weighted by Gasteiger charge is 2.19.